The number of carbonyl (C=O) groups excluding carboxylic acids is 1. The zero-order valence-corrected chi connectivity index (χ0v) is 18.0. The Hall–Kier alpha value is -2.90. The molecule has 8 heteroatoms. The maximum absolute atomic E-state index is 13.2. The summed E-state index contributed by atoms with van der Waals surface area (Å²) in [5.74, 6) is 0.586. The first-order valence-corrected chi connectivity index (χ1v) is 10.5. The summed E-state index contributed by atoms with van der Waals surface area (Å²) in [5.41, 5.74) is 0.676. The van der Waals surface area contributed by atoms with Crippen LogP contribution in [-0.4, -0.2) is 31.9 Å². The van der Waals surface area contributed by atoms with Gasteiger partial charge >= 0.3 is 6.18 Å². The lowest BCUT2D eigenvalue weighted by molar-refractivity contribution is -0.137. The molecule has 31 heavy (non-hydrogen) atoms. The molecule has 0 aliphatic heterocycles. The highest BCUT2D eigenvalue weighted by Crippen LogP contribution is 2.30. The predicted octanol–water partition coefficient (Wildman–Crippen LogP) is 5.55. The van der Waals surface area contributed by atoms with Gasteiger partial charge in [-0.1, -0.05) is 26.8 Å². The molecule has 3 rings (SSSR count). The summed E-state index contributed by atoms with van der Waals surface area (Å²) in [5, 5.41) is 0. The van der Waals surface area contributed by atoms with E-state index in [9.17, 15) is 18.0 Å². The van der Waals surface area contributed by atoms with Crippen LogP contribution in [0.3, 0.4) is 0 Å². The van der Waals surface area contributed by atoms with Gasteiger partial charge in [0.1, 0.15) is 11.3 Å². The van der Waals surface area contributed by atoms with E-state index in [-0.39, 0.29) is 12.1 Å². The standard InChI is InChI=1S/C23H27F3N4O/c1-4-12-30-20(28-19-9-6-11-27-21(19)30)15-29(13-10-16(2)3)22(31)17-7-5-8-18(14-17)23(24,25)26/h5-9,11,14,16H,4,10,12-13,15H2,1-3H3. The number of benzene rings is 1. The van der Waals surface area contributed by atoms with Crippen molar-refractivity contribution in [2.24, 2.45) is 5.92 Å². The van der Waals surface area contributed by atoms with Gasteiger partial charge in [0, 0.05) is 24.8 Å². The van der Waals surface area contributed by atoms with Crippen LogP contribution in [0.25, 0.3) is 11.2 Å². The summed E-state index contributed by atoms with van der Waals surface area (Å²) in [7, 11) is 0. The van der Waals surface area contributed by atoms with Crippen LogP contribution in [0.1, 0.15) is 55.4 Å². The van der Waals surface area contributed by atoms with Crippen LogP contribution in [0.5, 0.6) is 0 Å². The van der Waals surface area contributed by atoms with Gasteiger partial charge in [-0.25, -0.2) is 9.97 Å². The Bertz CT molecular complexity index is 1040. The second kappa shape index (κ2) is 9.49. The van der Waals surface area contributed by atoms with Crippen molar-refractivity contribution in [3.05, 3.63) is 59.5 Å². The molecule has 2 aromatic heterocycles. The van der Waals surface area contributed by atoms with E-state index in [0.717, 1.165) is 36.1 Å². The first-order valence-electron chi connectivity index (χ1n) is 10.5. The lowest BCUT2D eigenvalue weighted by atomic mass is 10.1. The van der Waals surface area contributed by atoms with Gasteiger partial charge in [0.05, 0.1) is 12.1 Å². The normalized spacial score (nSPS) is 12.0. The minimum absolute atomic E-state index is 0.0230. The summed E-state index contributed by atoms with van der Waals surface area (Å²) < 4.78 is 41.4. The molecule has 1 amide bonds. The summed E-state index contributed by atoms with van der Waals surface area (Å²) in [6.07, 6.45) is -1.20. The molecule has 1 aromatic carbocycles. The average Bonchev–Trinajstić information content (AvgIpc) is 3.07. The van der Waals surface area contributed by atoms with Gasteiger partial charge in [-0.15, -0.1) is 0 Å². The number of alkyl halides is 3. The number of hydrogen-bond acceptors (Lipinski definition) is 3. The van der Waals surface area contributed by atoms with Gasteiger partial charge in [-0.3, -0.25) is 4.79 Å². The number of aryl methyl sites for hydroxylation is 1. The lowest BCUT2D eigenvalue weighted by Crippen LogP contribution is -2.33. The fourth-order valence-electron chi connectivity index (χ4n) is 3.43. The number of fused-ring (bicyclic) bond motifs is 1. The maximum Gasteiger partial charge on any atom is 0.416 e. The van der Waals surface area contributed by atoms with Gasteiger partial charge in [-0.2, -0.15) is 13.2 Å². The Morgan fingerprint density at radius 3 is 2.65 bits per heavy atom. The van der Waals surface area contributed by atoms with Crippen LogP contribution >= 0.6 is 0 Å². The Morgan fingerprint density at radius 2 is 1.97 bits per heavy atom. The van der Waals surface area contributed by atoms with Crippen molar-refractivity contribution >= 4 is 17.1 Å². The minimum Gasteiger partial charge on any atom is -0.331 e. The van der Waals surface area contributed by atoms with E-state index in [1.807, 2.05) is 31.4 Å². The first-order chi connectivity index (χ1) is 14.7. The molecule has 0 spiro atoms. The Morgan fingerprint density at radius 1 is 1.19 bits per heavy atom. The van der Waals surface area contributed by atoms with Crippen LogP contribution in [0.15, 0.2) is 42.6 Å². The van der Waals surface area contributed by atoms with Crippen LogP contribution < -0.4 is 0 Å². The molecule has 0 aliphatic carbocycles. The SMILES string of the molecule is CCCn1c(CN(CCC(C)C)C(=O)c2cccc(C(F)(F)F)c2)nc2cccnc21. The van der Waals surface area contributed by atoms with E-state index in [1.165, 1.54) is 12.1 Å². The minimum atomic E-state index is -4.50. The second-order valence-corrected chi connectivity index (χ2v) is 8.01. The molecule has 5 nitrogen and oxygen atoms in total. The molecule has 0 fully saturated rings. The van der Waals surface area contributed by atoms with E-state index in [1.54, 1.807) is 17.2 Å². The Balaban J connectivity index is 1.96. The third-order valence-corrected chi connectivity index (χ3v) is 5.06. The smallest absolute Gasteiger partial charge is 0.331 e. The number of imidazole rings is 1. The highest BCUT2D eigenvalue weighted by molar-refractivity contribution is 5.94. The van der Waals surface area contributed by atoms with Gasteiger partial charge in [0.2, 0.25) is 0 Å². The van der Waals surface area contributed by atoms with Crippen molar-refractivity contribution in [3.63, 3.8) is 0 Å². The molecule has 0 saturated carbocycles. The number of carbonyl (C=O) groups is 1. The quantitative estimate of drug-likeness (QED) is 0.469. The molecule has 0 atom stereocenters. The van der Waals surface area contributed by atoms with Gasteiger partial charge in [0.15, 0.2) is 5.65 Å². The number of amides is 1. The van der Waals surface area contributed by atoms with Crippen LogP contribution in [0.4, 0.5) is 13.2 Å². The zero-order valence-electron chi connectivity index (χ0n) is 18.0. The molecule has 2 heterocycles. The lowest BCUT2D eigenvalue weighted by Gasteiger charge is -2.24. The first kappa shape index (κ1) is 22.8. The molecule has 0 N–H and O–H groups in total. The van der Waals surface area contributed by atoms with Crippen molar-refractivity contribution in [3.8, 4) is 0 Å². The number of halogens is 3. The molecule has 0 aliphatic rings. The zero-order chi connectivity index (χ0) is 22.6. The third-order valence-electron chi connectivity index (χ3n) is 5.06. The topological polar surface area (TPSA) is 51.0 Å². The maximum atomic E-state index is 13.2. The Kier molecular flexibility index (Phi) is 6.97. The van der Waals surface area contributed by atoms with E-state index >= 15 is 0 Å². The number of rotatable bonds is 8. The monoisotopic (exact) mass is 432 g/mol. The molecule has 166 valence electrons. The molecule has 0 bridgehead atoms. The van der Waals surface area contributed by atoms with E-state index in [0.29, 0.717) is 24.8 Å². The molecular weight excluding hydrogens is 405 g/mol. The second-order valence-electron chi connectivity index (χ2n) is 8.01. The number of hydrogen-bond donors (Lipinski definition) is 0. The predicted molar refractivity (Wildman–Crippen MR) is 113 cm³/mol. The molecule has 0 unspecified atom stereocenters. The summed E-state index contributed by atoms with van der Waals surface area (Å²) in [6.45, 7) is 7.46. The summed E-state index contributed by atoms with van der Waals surface area (Å²) in [6, 6.07) is 8.26. The third kappa shape index (κ3) is 5.42. The molecule has 3 aromatic rings. The highest BCUT2D eigenvalue weighted by Gasteiger charge is 2.31. The highest BCUT2D eigenvalue weighted by atomic mass is 19.4. The van der Waals surface area contributed by atoms with Gasteiger partial charge < -0.3 is 9.47 Å². The fraction of sp³-hybridized carbons (Fsp3) is 0.435. The van der Waals surface area contributed by atoms with Crippen LogP contribution in [0.2, 0.25) is 0 Å². The number of nitrogens with zero attached hydrogens (tertiary/aromatic N) is 4. The largest absolute Gasteiger partial charge is 0.416 e. The molecule has 0 saturated heterocycles. The van der Waals surface area contributed by atoms with E-state index < -0.39 is 17.6 Å². The van der Waals surface area contributed by atoms with Crippen LogP contribution in [-0.2, 0) is 19.3 Å². The Labute approximate surface area is 179 Å². The fourth-order valence-corrected chi connectivity index (χ4v) is 3.43. The summed E-state index contributed by atoms with van der Waals surface area (Å²) >= 11 is 0. The van der Waals surface area contributed by atoms with Gasteiger partial charge in [0.25, 0.3) is 5.91 Å². The molecule has 0 radical (unpaired) electrons. The average molecular weight is 432 g/mol. The van der Waals surface area contributed by atoms with E-state index in [2.05, 4.69) is 9.97 Å². The van der Waals surface area contributed by atoms with Crippen molar-refractivity contribution in [1.82, 2.24) is 19.4 Å². The van der Waals surface area contributed by atoms with Crippen molar-refractivity contribution in [2.45, 2.75) is 52.9 Å². The number of pyridine rings is 1. The van der Waals surface area contributed by atoms with Crippen LogP contribution in [0, 0.1) is 5.92 Å². The van der Waals surface area contributed by atoms with Crippen molar-refractivity contribution in [2.75, 3.05) is 6.54 Å². The van der Waals surface area contributed by atoms with Crippen molar-refractivity contribution < 1.29 is 18.0 Å². The number of aromatic nitrogens is 3. The summed E-state index contributed by atoms with van der Waals surface area (Å²) in [4.78, 5) is 23.9. The molecular formula is C23H27F3N4O. The van der Waals surface area contributed by atoms with Crippen molar-refractivity contribution in [1.29, 1.82) is 0 Å². The van der Waals surface area contributed by atoms with Gasteiger partial charge in [-0.05, 0) is 49.1 Å². The van der Waals surface area contributed by atoms with E-state index in [4.69, 9.17) is 0 Å².